The Balaban J connectivity index is 2.27. The van der Waals surface area contributed by atoms with Crippen LogP contribution in [0.25, 0.3) is 0 Å². The Kier molecular flexibility index (Phi) is 4.04. The molecular weight excluding hydrogens is 382 g/mol. The summed E-state index contributed by atoms with van der Waals surface area (Å²) in [6.45, 7) is 1.85. The van der Waals surface area contributed by atoms with Crippen LogP contribution in [0.4, 0.5) is 11.4 Å². The van der Waals surface area contributed by atoms with E-state index < -0.39 is 0 Å². The summed E-state index contributed by atoms with van der Waals surface area (Å²) >= 11 is 8.04. The number of anilines is 2. The number of carbonyl (C=O) groups excluding carboxylic acids is 1. The van der Waals surface area contributed by atoms with Crippen LogP contribution >= 0.6 is 43.2 Å². The first-order chi connectivity index (χ1) is 8.47. The molecule has 2 rings (SSSR count). The van der Waals surface area contributed by atoms with Gasteiger partial charge in [0.15, 0.2) is 0 Å². The van der Waals surface area contributed by atoms with Crippen molar-refractivity contribution in [2.45, 2.75) is 6.92 Å². The summed E-state index contributed by atoms with van der Waals surface area (Å²) in [4.78, 5) is 16.6. The van der Waals surface area contributed by atoms with Gasteiger partial charge in [-0.05, 0) is 35.0 Å². The lowest BCUT2D eigenvalue weighted by atomic mass is 10.2. The third-order valence-electron chi connectivity index (χ3n) is 2.17. The lowest BCUT2D eigenvalue weighted by Gasteiger charge is -2.10. The number of aromatic nitrogens is 1. The summed E-state index contributed by atoms with van der Waals surface area (Å²) in [5.41, 5.74) is 6.92. The Hall–Kier alpha value is -0.920. The number of nitrogens with one attached hydrogen (secondary N) is 1. The van der Waals surface area contributed by atoms with Crippen molar-refractivity contribution in [2.75, 3.05) is 11.1 Å². The van der Waals surface area contributed by atoms with Gasteiger partial charge in [0, 0.05) is 8.95 Å². The van der Waals surface area contributed by atoms with Crippen molar-refractivity contribution in [1.82, 2.24) is 4.98 Å². The number of nitrogens with two attached hydrogens (primary N) is 1. The van der Waals surface area contributed by atoms with Crippen LogP contribution in [0.3, 0.4) is 0 Å². The first-order valence-electron chi connectivity index (χ1n) is 4.95. The van der Waals surface area contributed by atoms with Crippen LogP contribution in [0, 0.1) is 6.92 Å². The number of aryl methyl sites for hydroxylation is 1. The second kappa shape index (κ2) is 5.38. The van der Waals surface area contributed by atoms with E-state index in [2.05, 4.69) is 42.2 Å². The number of carbonyl (C=O) groups is 1. The molecule has 0 unspecified atom stereocenters. The molecule has 0 aliphatic heterocycles. The molecule has 0 bridgehead atoms. The smallest absolute Gasteiger partial charge is 0.267 e. The molecule has 0 atom stereocenters. The molecule has 2 aromatic rings. The highest BCUT2D eigenvalue weighted by atomic mass is 79.9. The van der Waals surface area contributed by atoms with Crippen LogP contribution in [-0.2, 0) is 0 Å². The lowest BCUT2D eigenvalue weighted by Crippen LogP contribution is -2.12. The fourth-order valence-corrected chi connectivity index (χ4v) is 3.40. The van der Waals surface area contributed by atoms with Crippen LogP contribution in [0.5, 0.6) is 0 Å². The van der Waals surface area contributed by atoms with E-state index in [0.29, 0.717) is 16.3 Å². The van der Waals surface area contributed by atoms with Crippen molar-refractivity contribution < 1.29 is 4.79 Å². The predicted octanol–water partition coefficient (Wildman–Crippen LogP) is 3.81. The number of rotatable bonds is 2. The molecule has 0 radical (unpaired) electrons. The highest BCUT2D eigenvalue weighted by Gasteiger charge is 2.13. The van der Waals surface area contributed by atoms with Crippen LogP contribution < -0.4 is 11.1 Å². The molecule has 1 amide bonds. The molecule has 1 heterocycles. The number of halogens is 2. The van der Waals surface area contributed by atoms with E-state index in [0.717, 1.165) is 14.0 Å². The minimum absolute atomic E-state index is 0.213. The average molecular weight is 391 g/mol. The van der Waals surface area contributed by atoms with Gasteiger partial charge in [0.05, 0.1) is 22.6 Å². The third-order valence-corrected chi connectivity index (χ3v) is 4.16. The van der Waals surface area contributed by atoms with E-state index in [1.54, 1.807) is 12.3 Å². The van der Waals surface area contributed by atoms with Gasteiger partial charge in [-0.1, -0.05) is 15.9 Å². The van der Waals surface area contributed by atoms with Crippen LogP contribution in [0.2, 0.25) is 0 Å². The molecule has 1 aromatic heterocycles. The van der Waals surface area contributed by atoms with Crippen LogP contribution in [0.15, 0.2) is 27.3 Å². The molecule has 0 aliphatic rings. The normalized spacial score (nSPS) is 10.4. The maximum absolute atomic E-state index is 12.0. The molecule has 94 valence electrons. The van der Waals surface area contributed by atoms with Gasteiger partial charge in [0.25, 0.3) is 5.91 Å². The Labute approximate surface area is 125 Å². The van der Waals surface area contributed by atoms with Gasteiger partial charge in [-0.3, -0.25) is 4.79 Å². The molecule has 7 heteroatoms. The zero-order valence-corrected chi connectivity index (χ0v) is 13.3. The van der Waals surface area contributed by atoms with Crippen molar-refractivity contribution in [2.24, 2.45) is 0 Å². The molecule has 3 N–H and O–H groups in total. The van der Waals surface area contributed by atoms with Crippen molar-refractivity contribution in [3.63, 3.8) is 0 Å². The fraction of sp³-hybridized carbons (Fsp3) is 0.0909. The number of nitrogens with zero attached hydrogens (tertiary/aromatic N) is 1. The van der Waals surface area contributed by atoms with Crippen molar-refractivity contribution in [3.8, 4) is 0 Å². The number of nitrogen functional groups attached to an aromatic ring is 1. The second-order valence-electron chi connectivity index (χ2n) is 3.55. The fourth-order valence-electron chi connectivity index (χ4n) is 1.37. The van der Waals surface area contributed by atoms with Gasteiger partial charge < -0.3 is 11.1 Å². The van der Waals surface area contributed by atoms with Crippen LogP contribution in [-0.4, -0.2) is 10.9 Å². The molecule has 0 fully saturated rings. The SMILES string of the molecule is Cc1ncc(C(=O)Nc2c(N)cc(Br)cc2Br)s1. The van der Waals surface area contributed by atoms with Crippen molar-refractivity contribution in [1.29, 1.82) is 0 Å². The molecule has 0 spiro atoms. The maximum Gasteiger partial charge on any atom is 0.267 e. The standard InChI is InChI=1S/C11H9Br2N3OS/c1-5-15-4-9(18-5)11(17)16-10-7(13)2-6(12)3-8(10)14/h2-4H,14H2,1H3,(H,16,17). The van der Waals surface area contributed by atoms with E-state index >= 15 is 0 Å². The summed E-state index contributed by atoms with van der Waals surface area (Å²) < 4.78 is 1.57. The van der Waals surface area contributed by atoms with E-state index in [1.165, 1.54) is 11.3 Å². The summed E-state index contributed by atoms with van der Waals surface area (Å²) in [5, 5.41) is 3.62. The van der Waals surface area contributed by atoms with Gasteiger partial charge in [-0.2, -0.15) is 0 Å². The summed E-state index contributed by atoms with van der Waals surface area (Å²) in [6, 6.07) is 3.56. The average Bonchev–Trinajstić information content (AvgIpc) is 2.70. The summed E-state index contributed by atoms with van der Waals surface area (Å²) in [6.07, 6.45) is 1.55. The Morgan fingerprint density at radius 3 is 2.72 bits per heavy atom. The first kappa shape index (κ1) is 13.5. The van der Waals surface area contributed by atoms with Crippen LogP contribution in [0.1, 0.15) is 14.7 Å². The Morgan fingerprint density at radius 2 is 2.17 bits per heavy atom. The summed E-state index contributed by atoms with van der Waals surface area (Å²) in [5.74, 6) is -0.213. The molecule has 0 saturated carbocycles. The van der Waals surface area contributed by atoms with Gasteiger partial charge in [0.1, 0.15) is 4.88 Å². The highest BCUT2D eigenvalue weighted by molar-refractivity contribution is 9.11. The van der Waals surface area contributed by atoms with Gasteiger partial charge in [-0.25, -0.2) is 4.98 Å². The molecular formula is C11H9Br2N3OS. The zero-order chi connectivity index (χ0) is 13.3. The second-order valence-corrected chi connectivity index (χ2v) is 6.55. The van der Waals surface area contributed by atoms with E-state index in [-0.39, 0.29) is 5.91 Å². The number of hydrogen-bond acceptors (Lipinski definition) is 4. The molecule has 1 aromatic carbocycles. The summed E-state index contributed by atoms with van der Waals surface area (Å²) in [7, 11) is 0. The maximum atomic E-state index is 12.0. The quantitative estimate of drug-likeness (QED) is 0.766. The van der Waals surface area contributed by atoms with Gasteiger partial charge >= 0.3 is 0 Å². The molecule has 18 heavy (non-hydrogen) atoms. The largest absolute Gasteiger partial charge is 0.397 e. The Morgan fingerprint density at radius 1 is 1.44 bits per heavy atom. The number of benzene rings is 1. The van der Waals surface area contributed by atoms with Crippen molar-refractivity contribution >= 4 is 60.5 Å². The topological polar surface area (TPSA) is 68.0 Å². The highest BCUT2D eigenvalue weighted by Crippen LogP contribution is 2.33. The molecule has 0 saturated heterocycles. The molecule has 0 aliphatic carbocycles. The van der Waals surface area contributed by atoms with Crippen molar-refractivity contribution in [3.05, 3.63) is 37.2 Å². The zero-order valence-electron chi connectivity index (χ0n) is 9.33. The Bertz CT molecular complexity index is 589. The molecule has 4 nitrogen and oxygen atoms in total. The third kappa shape index (κ3) is 2.90. The number of hydrogen-bond donors (Lipinski definition) is 2. The van der Waals surface area contributed by atoms with E-state index in [9.17, 15) is 4.79 Å². The van der Waals surface area contributed by atoms with E-state index in [1.807, 2.05) is 13.0 Å². The lowest BCUT2D eigenvalue weighted by molar-refractivity contribution is 0.103. The number of thiazole rings is 1. The predicted molar refractivity (Wildman–Crippen MR) is 81.1 cm³/mol. The minimum atomic E-state index is -0.213. The minimum Gasteiger partial charge on any atom is -0.397 e. The van der Waals surface area contributed by atoms with E-state index in [4.69, 9.17) is 5.73 Å². The monoisotopic (exact) mass is 389 g/mol. The van der Waals surface area contributed by atoms with Gasteiger partial charge in [-0.15, -0.1) is 11.3 Å². The number of amides is 1. The van der Waals surface area contributed by atoms with Gasteiger partial charge in [0.2, 0.25) is 0 Å². The first-order valence-corrected chi connectivity index (χ1v) is 7.36.